The molecule has 0 aromatic carbocycles. The van der Waals surface area contributed by atoms with Crippen LogP contribution in [-0.2, 0) is 6.42 Å². The van der Waals surface area contributed by atoms with E-state index in [0.29, 0.717) is 11.8 Å². The van der Waals surface area contributed by atoms with Gasteiger partial charge in [-0.05, 0) is 37.1 Å². The Morgan fingerprint density at radius 1 is 1.44 bits per heavy atom. The Bertz CT molecular complexity index is 534. The summed E-state index contributed by atoms with van der Waals surface area (Å²) in [6, 6.07) is 3.91. The molecule has 96 valence electrons. The van der Waals surface area contributed by atoms with Crippen LogP contribution in [0.4, 0.5) is 0 Å². The van der Waals surface area contributed by atoms with E-state index in [1.54, 1.807) is 0 Å². The lowest BCUT2D eigenvalue weighted by Crippen LogP contribution is -2.14. The van der Waals surface area contributed by atoms with E-state index in [1.807, 2.05) is 30.1 Å². The Labute approximate surface area is 110 Å². The number of nitrogens with zero attached hydrogens (tertiary/aromatic N) is 3. The van der Waals surface area contributed by atoms with Crippen LogP contribution in [0.25, 0.3) is 11.2 Å². The van der Waals surface area contributed by atoms with Crippen LogP contribution in [0.5, 0.6) is 0 Å². The van der Waals surface area contributed by atoms with E-state index in [0.717, 1.165) is 17.0 Å². The summed E-state index contributed by atoms with van der Waals surface area (Å²) < 4.78 is 2.23. The van der Waals surface area contributed by atoms with Crippen LogP contribution in [0, 0.1) is 0 Å². The first-order valence-corrected chi connectivity index (χ1v) is 7.49. The molecule has 3 heterocycles. The van der Waals surface area contributed by atoms with Crippen LogP contribution in [-0.4, -0.2) is 32.0 Å². The molecule has 0 radical (unpaired) electrons. The third-order valence-corrected chi connectivity index (χ3v) is 4.66. The van der Waals surface area contributed by atoms with Crippen molar-refractivity contribution in [1.29, 1.82) is 0 Å². The quantitative estimate of drug-likeness (QED) is 0.923. The van der Waals surface area contributed by atoms with Gasteiger partial charge in [0.05, 0.1) is 12.0 Å². The minimum atomic E-state index is 0.140. The fourth-order valence-electron chi connectivity index (χ4n) is 2.48. The summed E-state index contributed by atoms with van der Waals surface area (Å²) in [7, 11) is 0. The molecule has 1 atom stereocenters. The first kappa shape index (κ1) is 12.0. The van der Waals surface area contributed by atoms with Gasteiger partial charge in [-0.1, -0.05) is 0 Å². The zero-order valence-corrected chi connectivity index (χ0v) is 11.1. The Balaban J connectivity index is 2.07. The van der Waals surface area contributed by atoms with E-state index in [9.17, 15) is 5.11 Å². The average Bonchev–Trinajstić information content (AvgIpc) is 2.78. The fraction of sp³-hybridized carbons (Fsp3) is 0.538. The number of hydrogen-bond donors (Lipinski definition) is 1. The summed E-state index contributed by atoms with van der Waals surface area (Å²) in [6.45, 7) is 0.140. The average molecular weight is 263 g/mol. The molecular weight excluding hydrogens is 246 g/mol. The predicted octanol–water partition coefficient (Wildman–Crippen LogP) is 2.38. The number of pyridine rings is 1. The first-order chi connectivity index (χ1) is 8.90. The molecule has 0 spiro atoms. The second-order valence-corrected chi connectivity index (χ2v) is 5.82. The van der Waals surface area contributed by atoms with Crippen molar-refractivity contribution in [3.05, 3.63) is 24.2 Å². The van der Waals surface area contributed by atoms with Gasteiger partial charge in [0.2, 0.25) is 0 Å². The summed E-state index contributed by atoms with van der Waals surface area (Å²) in [5.41, 5.74) is 1.90. The largest absolute Gasteiger partial charge is 0.396 e. The number of fused-ring (bicyclic) bond motifs is 1. The minimum Gasteiger partial charge on any atom is -0.396 e. The van der Waals surface area contributed by atoms with Gasteiger partial charge in [0, 0.05) is 12.6 Å². The number of thioether (sulfide) groups is 1. The molecule has 5 heteroatoms. The molecule has 0 aliphatic carbocycles. The highest BCUT2D eigenvalue weighted by atomic mass is 32.2. The normalized spacial score (nSPS) is 20.4. The maximum Gasteiger partial charge on any atom is 0.160 e. The van der Waals surface area contributed by atoms with Gasteiger partial charge in [-0.3, -0.25) is 4.57 Å². The van der Waals surface area contributed by atoms with Crippen LogP contribution in [0.3, 0.4) is 0 Å². The lowest BCUT2D eigenvalue weighted by atomic mass is 10.2. The highest BCUT2D eigenvalue weighted by Gasteiger charge is 2.22. The van der Waals surface area contributed by atoms with Crippen molar-refractivity contribution in [2.75, 3.05) is 12.4 Å². The highest BCUT2D eigenvalue weighted by molar-refractivity contribution is 7.99. The number of imidazole rings is 1. The number of hydrogen-bond acceptors (Lipinski definition) is 4. The van der Waals surface area contributed by atoms with Crippen LogP contribution < -0.4 is 0 Å². The Morgan fingerprint density at radius 3 is 3.17 bits per heavy atom. The fourth-order valence-corrected chi connectivity index (χ4v) is 3.83. The Morgan fingerprint density at radius 2 is 2.39 bits per heavy atom. The van der Waals surface area contributed by atoms with Gasteiger partial charge < -0.3 is 5.11 Å². The van der Waals surface area contributed by atoms with Gasteiger partial charge in [0.15, 0.2) is 5.65 Å². The molecule has 1 unspecified atom stereocenters. The third kappa shape index (κ3) is 2.12. The second kappa shape index (κ2) is 5.28. The van der Waals surface area contributed by atoms with E-state index >= 15 is 0 Å². The van der Waals surface area contributed by atoms with Crippen LogP contribution in [0.15, 0.2) is 18.3 Å². The smallest absolute Gasteiger partial charge is 0.160 e. The van der Waals surface area contributed by atoms with E-state index in [4.69, 9.17) is 0 Å². The number of aliphatic hydroxyl groups is 1. The van der Waals surface area contributed by atoms with Gasteiger partial charge in [-0.2, -0.15) is 0 Å². The monoisotopic (exact) mass is 263 g/mol. The van der Waals surface area contributed by atoms with Crippen molar-refractivity contribution in [3.63, 3.8) is 0 Å². The van der Waals surface area contributed by atoms with Gasteiger partial charge in [0.1, 0.15) is 11.3 Å². The molecular formula is C13H17N3OS. The number of aromatic nitrogens is 3. The minimum absolute atomic E-state index is 0.140. The lowest BCUT2D eigenvalue weighted by Gasteiger charge is -2.24. The van der Waals surface area contributed by atoms with E-state index in [-0.39, 0.29) is 6.61 Å². The van der Waals surface area contributed by atoms with Crippen molar-refractivity contribution >= 4 is 22.9 Å². The van der Waals surface area contributed by atoms with E-state index < -0.39 is 0 Å². The second-order valence-electron chi connectivity index (χ2n) is 4.54. The van der Waals surface area contributed by atoms with Crippen LogP contribution >= 0.6 is 11.8 Å². The molecule has 4 nitrogen and oxygen atoms in total. The van der Waals surface area contributed by atoms with E-state index in [2.05, 4.69) is 14.5 Å². The molecule has 1 aliphatic heterocycles. The molecule has 0 bridgehead atoms. The van der Waals surface area contributed by atoms with Gasteiger partial charge in [-0.15, -0.1) is 11.8 Å². The van der Waals surface area contributed by atoms with Crippen molar-refractivity contribution in [2.45, 2.75) is 31.1 Å². The van der Waals surface area contributed by atoms with Crippen LogP contribution in [0.2, 0.25) is 0 Å². The van der Waals surface area contributed by atoms with Crippen molar-refractivity contribution < 1.29 is 5.11 Å². The topological polar surface area (TPSA) is 50.9 Å². The molecule has 2 aromatic rings. The highest BCUT2D eigenvalue weighted by Crippen LogP contribution is 2.36. The molecule has 3 rings (SSSR count). The summed E-state index contributed by atoms with van der Waals surface area (Å²) in [5.74, 6) is 2.17. The molecule has 0 amide bonds. The summed E-state index contributed by atoms with van der Waals surface area (Å²) >= 11 is 1.98. The molecule has 0 saturated carbocycles. The molecule has 18 heavy (non-hydrogen) atoms. The Hall–Kier alpha value is -1.07. The van der Waals surface area contributed by atoms with Gasteiger partial charge in [-0.25, -0.2) is 9.97 Å². The molecule has 1 fully saturated rings. The molecule has 1 N–H and O–H groups in total. The summed E-state index contributed by atoms with van der Waals surface area (Å²) in [4.78, 5) is 9.07. The zero-order chi connectivity index (χ0) is 12.4. The maximum atomic E-state index is 9.19. The SMILES string of the molecule is OCCc1nc2cccnc2n1C1CCCCS1. The predicted molar refractivity (Wildman–Crippen MR) is 73.7 cm³/mol. The van der Waals surface area contributed by atoms with Crippen molar-refractivity contribution in [3.8, 4) is 0 Å². The van der Waals surface area contributed by atoms with Gasteiger partial charge in [0.25, 0.3) is 0 Å². The standard InChI is InChI=1S/C13H17N3OS/c17-8-6-11-15-10-4-3-7-14-13(10)16(11)12-5-1-2-9-18-12/h3-4,7,12,17H,1-2,5-6,8-9H2. The van der Waals surface area contributed by atoms with Crippen molar-refractivity contribution in [2.24, 2.45) is 0 Å². The summed E-state index contributed by atoms with van der Waals surface area (Å²) in [6.07, 6.45) is 6.16. The van der Waals surface area contributed by atoms with Crippen LogP contribution in [0.1, 0.15) is 30.5 Å². The van der Waals surface area contributed by atoms with E-state index in [1.165, 1.54) is 25.0 Å². The molecule has 1 aliphatic rings. The summed E-state index contributed by atoms with van der Waals surface area (Å²) in [5, 5.41) is 9.62. The number of rotatable bonds is 3. The Kier molecular flexibility index (Phi) is 3.52. The first-order valence-electron chi connectivity index (χ1n) is 6.44. The lowest BCUT2D eigenvalue weighted by molar-refractivity contribution is 0.294. The number of aliphatic hydroxyl groups excluding tert-OH is 1. The molecule has 1 saturated heterocycles. The van der Waals surface area contributed by atoms with Gasteiger partial charge >= 0.3 is 0 Å². The zero-order valence-electron chi connectivity index (χ0n) is 10.2. The third-order valence-electron chi connectivity index (χ3n) is 3.30. The van der Waals surface area contributed by atoms with Crippen molar-refractivity contribution in [1.82, 2.24) is 14.5 Å². The maximum absolute atomic E-state index is 9.19. The molecule has 2 aromatic heterocycles.